The van der Waals surface area contributed by atoms with Crippen LogP contribution in [0.15, 0.2) is 57.4 Å². The van der Waals surface area contributed by atoms with E-state index in [4.69, 9.17) is 9.15 Å². The third-order valence-electron chi connectivity index (χ3n) is 4.23. The van der Waals surface area contributed by atoms with Gasteiger partial charge in [-0.3, -0.25) is 4.79 Å². The van der Waals surface area contributed by atoms with Crippen molar-refractivity contribution in [3.05, 3.63) is 80.5 Å². The van der Waals surface area contributed by atoms with Gasteiger partial charge in [0.1, 0.15) is 11.3 Å². The van der Waals surface area contributed by atoms with E-state index in [1.165, 1.54) is 18.2 Å². The molecule has 1 atom stereocenters. The lowest BCUT2D eigenvalue weighted by Gasteiger charge is -2.13. The summed E-state index contributed by atoms with van der Waals surface area (Å²) in [7, 11) is 0. The Balaban J connectivity index is 1.88. The summed E-state index contributed by atoms with van der Waals surface area (Å²) in [5, 5.41) is 20.2. The molecule has 26 heavy (non-hydrogen) atoms. The third kappa shape index (κ3) is 2.51. The van der Waals surface area contributed by atoms with Crippen LogP contribution in [0.1, 0.15) is 21.5 Å². The van der Waals surface area contributed by atoms with E-state index in [9.17, 15) is 20.0 Å². The van der Waals surface area contributed by atoms with Crippen LogP contribution in [0.5, 0.6) is 5.75 Å². The number of para-hydroxylation sites is 1. The van der Waals surface area contributed by atoms with Crippen LogP contribution in [0.25, 0.3) is 17.0 Å². The highest BCUT2D eigenvalue weighted by Crippen LogP contribution is 2.37. The minimum absolute atomic E-state index is 0.0228. The molecule has 1 aliphatic rings. The molecule has 0 saturated heterocycles. The van der Waals surface area contributed by atoms with E-state index in [0.29, 0.717) is 16.5 Å². The number of carbonyl (C=O) groups excluding carboxylic acids is 1. The van der Waals surface area contributed by atoms with Gasteiger partial charge in [0, 0.05) is 23.1 Å². The van der Waals surface area contributed by atoms with Crippen molar-refractivity contribution < 1.29 is 24.4 Å². The number of allylic oxidation sites excluding steroid dienone is 1. The van der Waals surface area contributed by atoms with Crippen LogP contribution in [0.2, 0.25) is 0 Å². The van der Waals surface area contributed by atoms with E-state index in [1.807, 2.05) is 0 Å². The number of carbonyl (C=O) groups is 1. The molecule has 0 fully saturated rings. The van der Waals surface area contributed by atoms with Gasteiger partial charge in [-0.1, -0.05) is 12.1 Å². The number of nitrogens with one attached hydrogen (secondary N) is 1. The van der Waals surface area contributed by atoms with Gasteiger partial charge in [-0.15, -0.1) is 0 Å². The molecule has 4 rings (SSSR count). The number of quaternary nitrogens is 1. The number of Topliss-reactive ketones (excluding diaryl/α,β-unsaturated/α-hetero) is 1. The number of hydrogen-bond acceptors (Lipinski definition) is 6. The summed E-state index contributed by atoms with van der Waals surface area (Å²) >= 11 is 0. The highest BCUT2D eigenvalue weighted by molar-refractivity contribution is 6.20. The summed E-state index contributed by atoms with van der Waals surface area (Å²) in [6, 6.07) is 11.0. The second-order valence-corrected chi connectivity index (χ2v) is 5.90. The molecule has 130 valence electrons. The zero-order chi connectivity index (χ0) is 18.4. The first kappa shape index (κ1) is 16.2. The minimum atomic E-state index is -1.10. The highest BCUT2D eigenvalue weighted by atomic mass is 16.8. The van der Waals surface area contributed by atoms with E-state index in [-0.39, 0.29) is 28.3 Å². The molecule has 2 aromatic carbocycles. The molecule has 3 aromatic rings. The van der Waals surface area contributed by atoms with Crippen LogP contribution in [0, 0.1) is 12.1 Å². The van der Waals surface area contributed by atoms with Gasteiger partial charge < -0.3 is 14.4 Å². The van der Waals surface area contributed by atoms with Crippen LogP contribution in [-0.2, 0) is 0 Å². The molecule has 2 heterocycles. The number of benzene rings is 2. The van der Waals surface area contributed by atoms with Crippen molar-refractivity contribution in [2.45, 2.75) is 6.92 Å². The maximum atomic E-state index is 12.8. The Morgan fingerprint density at radius 1 is 1.15 bits per heavy atom. The first-order chi connectivity index (χ1) is 12.5. The lowest BCUT2D eigenvalue weighted by Crippen LogP contribution is -2.99. The smallest absolute Gasteiger partial charge is 0.336 e. The average molecular weight is 351 g/mol. The number of aryl methyl sites for hydroxylation is 1. The van der Waals surface area contributed by atoms with Gasteiger partial charge in [-0.2, -0.15) is 5.23 Å². The Kier molecular flexibility index (Phi) is 3.69. The van der Waals surface area contributed by atoms with Crippen molar-refractivity contribution in [2.75, 3.05) is 0 Å². The summed E-state index contributed by atoms with van der Waals surface area (Å²) in [6.45, 7) is 1.76. The Hall–Kier alpha value is -3.26. The molecule has 1 unspecified atom stereocenters. The van der Waals surface area contributed by atoms with Gasteiger partial charge in [0.15, 0.2) is 17.0 Å². The Morgan fingerprint density at radius 3 is 2.69 bits per heavy atom. The zero-order valence-corrected chi connectivity index (χ0v) is 13.6. The van der Waals surface area contributed by atoms with E-state index in [0.717, 1.165) is 0 Å². The van der Waals surface area contributed by atoms with Gasteiger partial charge >= 0.3 is 5.63 Å². The molecule has 0 aliphatic carbocycles. The lowest BCUT2D eigenvalue weighted by molar-refractivity contribution is -0.991. The summed E-state index contributed by atoms with van der Waals surface area (Å²) < 4.78 is 10.8. The molecule has 2 N–H and O–H groups in total. The van der Waals surface area contributed by atoms with Gasteiger partial charge in [-0.05, 0) is 36.8 Å². The Labute approximate surface area is 146 Å². The fourth-order valence-corrected chi connectivity index (χ4v) is 3.01. The molecule has 7 nitrogen and oxygen atoms in total. The van der Waals surface area contributed by atoms with Crippen molar-refractivity contribution in [1.82, 2.24) is 0 Å². The fourth-order valence-electron chi connectivity index (χ4n) is 3.01. The SMILES string of the molecule is Cc1cc(=O)oc2c3c(ccc12)OC(=Cc1ccccc1[NH+]([O-])O)C3=O. The minimum Gasteiger partial charge on any atom is -0.595 e. The normalized spacial score (nSPS) is 16.0. The molecule has 0 amide bonds. The fraction of sp³-hybridized carbons (Fsp3) is 0.0526. The molecule has 0 radical (unpaired) electrons. The number of ether oxygens (including phenoxy) is 1. The second-order valence-electron chi connectivity index (χ2n) is 5.90. The maximum Gasteiger partial charge on any atom is 0.336 e. The summed E-state index contributed by atoms with van der Waals surface area (Å²) in [4.78, 5) is 24.5. The van der Waals surface area contributed by atoms with Gasteiger partial charge in [0.2, 0.25) is 5.78 Å². The van der Waals surface area contributed by atoms with Crippen LogP contribution < -0.4 is 15.6 Å². The summed E-state index contributed by atoms with van der Waals surface area (Å²) in [5.41, 5.74) is 0.887. The molecule has 7 heteroatoms. The Morgan fingerprint density at radius 2 is 1.92 bits per heavy atom. The molecule has 0 saturated carbocycles. The van der Waals surface area contributed by atoms with Gasteiger partial charge in [0.25, 0.3) is 0 Å². The predicted octanol–water partition coefficient (Wildman–Crippen LogP) is 2.12. The largest absolute Gasteiger partial charge is 0.595 e. The van der Waals surface area contributed by atoms with Gasteiger partial charge in [-0.25, -0.2) is 10.0 Å². The molecular formula is C19H13NO6. The van der Waals surface area contributed by atoms with Crippen LogP contribution in [0.4, 0.5) is 5.69 Å². The number of ketones is 1. The van der Waals surface area contributed by atoms with Crippen molar-refractivity contribution in [3.63, 3.8) is 0 Å². The second kappa shape index (κ2) is 5.92. The van der Waals surface area contributed by atoms with E-state index in [2.05, 4.69) is 0 Å². The number of rotatable bonds is 2. The van der Waals surface area contributed by atoms with Crippen molar-refractivity contribution in [3.8, 4) is 5.75 Å². The van der Waals surface area contributed by atoms with Crippen LogP contribution in [-0.4, -0.2) is 11.0 Å². The molecular weight excluding hydrogens is 338 g/mol. The van der Waals surface area contributed by atoms with E-state index < -0.39 is 16.6 Å². The monoisotopic (exact) mass is 351 g/mol. The van der Waals surface area contributed by atoms with E-state index in [1.54, 1.807) is 37.3 Å². The van der Waals surface area contributed by atoms with Crippen molar-refractivity contribution in [2.24, 2.45) is 0 Å². The quantitative estimate of drug-likeness (QED) is 0.416. The predicted molar refractivity (Wildman–Crippen MR) is 92.4 cm³/mol. The maximum absolute atomic E-state index is 12.8. The van der Waals surface area contributed by atoms with Crippen LogP contribution in [0.3, 0.4) is 0 Å². The van der Waals surface area contributed by atoms with Crippen molar-refractivity contribution in [1.29, 1.82) is 0 Å². The third-order valence-corrected chi connectivity index (χ3v) is 4.23. The average Bonchev–Trinajstić information content (AvgIpc) is 2.91. The van der Waals surface area contributed by atoms with E-state index >= 15 is 0 Å². The zero-order valence-electron chi connectivity index (χ0n) is 13.6. The Bertz CT molecular complexity index is 1140. The topological polar surface area (TPSA) is 104 Å². The number of fused-ring (bicyclic) bond motifs is 3. The standard InChI is InChI=1S/C19H13NO6/c1-10-8-16(21)26-19-12(10)6-7-14-17(19)18(22)15(25-14)9-11-4-2-3-5-13(11)20(23)24/h2-9,20,23H,1H3. The summed E-state index contributed by atoms with van der Waals surface area (Å²) in [5.74, 6) is -0.208. The highest BCUT2D eigenvalue weighted by Gasteiger charge is 2.31. The molecule has 0 spiro atoms. The molecule has 0 bridgehead atoms. The van der Waals surface area contributed by atoms with Crippen LogP contribution >= 0.6 is 0 Å². The first-order valence-electron chi connectivity index (χ1n) is 7.80. The molecule has 1 aromatic heterocycles. The van der Waals surface area contributed by atoms with Crippen molar-refractivity contribution >= 4 is 28.5 Å². The summed E-state index contributed by atoms with van der Waals surface area (Å²) in [6.07, 6.45) is 1.38. The van der Waals surface area contributed by atoms with Gasteiger partial charge in [0.05, 0.1) is 0 Å². The lowest BCUT2D eigenvalue weighted by atomic mass is 10.0. The first-order valence-corrected chi connectivity index (χ1v) is 7.80. The molecule has 1 aliphatic heterocycles. The number of hydrogen-bond donors (Lipinski definition) is 2.